The molecular formula is C15H30N2O2. The molecule has 0 radical (unpaired) electrons. The van der Waals surface area contributed by atoms with Gasteiger partial charge in [0, 0.05) is 37.7 Å². The fraction of sp³-hybridized carbons (Fsp3) is 1.00. The smallest absolute Gasteiger partial charge is 0.0826 e. The molecular weight excluding hydrogens is 240 g/mol. The predicted molar refractivity (Wildman–Crippen MR) is 77.5 cm³/mol. The minimum atomic E-state index is 0.245. The van der Waals surface area contributed by atoms with Gasteiger partial charge in [-0.25, -0.2) is 0 Å². The third-order valence-corrected chi connectivity index (χ3v) is 4.81. The molecule has 1 N–H and O–H groups in total. The Morgan fingerprint density at radius 1 is 1.37 bits per heavy atom. The monoisotopic (exact) mass is 270 g/mol. The Labute approximate surface area is 117 Å². The average Bonchev–Trinajstić information content (AvgIpc) is 2.42. The number of hydrogen-bond donors (Lipinski definition) is 1. The maximum atomic E-state index is 5.84. The Kier molecular flexibility index (Phi) is 5.23. The quantitative estimate of drug-likeness (QED) is 0.793. The van der Waals surface area contributed by atoms with Crippen LogP contribution < -0.4 is 5.32 Å². The Hall–Kier alpha value is -0.160. The number of nitrogens with zero attached hydrogens (tertiary/aromatic N) is 1. The van der Waals surface area contributed by atoms with Crippen molar-refractivity contribution in [3.63, 3.8) is 0 Å². The summed E-state index contributed by atoms with van der Waals surface area (Å²) in [5.41, 5.74) is 0.245. The topological polar surface area (TPSA) is 33.7 Å². The van der Waals surface area contributed by atoms with Crippen molar-refractivity contribution in [2.24, 2.45) is 5.41 Å². The summed E-state index contributed by atoms with van der Waals surface area (Å²) < 4.78 is 11.6. The minimum absolute atomic E-state index is 0.245. The molecule has 3 unspecified atom stereocenters. The van der Waals surface area contributed by atoms with Gasteiger partial charge >= 0.3 is 0 Å². The Morgan fingerprint density at radius 3 is 2.79 bits per heavy atom. The van der Waals surface area contributed by atoms with E-state index in [1.807, 2.05) is 0 Å². The molecule has 0 spiro atoms. The summed E-state index contributed by atoms with van der Waals surface area (Å²) in [6.45, 7) is 14.8. The molecule has 112 valence electrons. The highest BCUT2D eigenvalue weighted by Gasteiger charge is 2.48. The molecule has 19 heavy (non-hydrogen) atoms. The fourth-order valence-electron chi connectivity index (χ4n) is 3.18. The first kappa shape index (κ1) is 15.2. The van der Waals surface area contributed by atoms with E-state index in [0.29, 0.717) is 18.2 Å². The van der Waals surface area contributed by atoms with Crippen LogP contribution in [0.4, 0.5) is 0 Å². The second-order valence-corrected chi connectivity index (χ2v) is 6.35. The van der Waals surface area contributed by atoms with Gasteiger partial charge in [0.15, 0.2) is 0 Å². The third kappa shape index (κ3) is 3.48. The number of morpholine rings is 1. The first-order valence-corrected chi connectivity index (χ1v) is 7.76. The van der Waals surface area contributed by atoms with Crippen molar-refractivity contribution in [1.82, 2.24) is 10.2 Å². The van der Waals surface area contributed by atoms with Crippen molar-refractivity contribution >= 4 is 0 Å². The van der Waals surface area contributed by atoms with E-state index in [1.54, 1.807) is 0 Å². The first-order valence-electron chi connectivity index (χ1n) is 7.76. The lowest BCUT2D eigenvalue weighted by Gasteiger charge is -2.52. The van der Waals surface area contributed by atoms with Gasteiger partial charge in [-0.05, 0) is 19.9 Å². The summed E-state index contributed by atoms with van der Waals surface area (Å²) in [6, 6.07) is 0.560. The van der Waals surface area contributed by atoms with Crippen LogP contribution in [-0.4, -0.2) is 62.5 Å². The Morgan fingerprint density at radius 2 is 2.16 bits per heavy atom. The standard InChI is InChI=1S/C15H30N2O2/c1-5-17-7-8-19-12(11-17)10-16-13-9-14(18-6-2)15(13,3)4/h12-14,16H,5-11H2,1-4H3. The second kappa shape index (κ2) is 6.53. The number of rotatable bonds is 6. The largest absolute Gasteiger partial charge is 0.378 e. The van der Waals surface area contributed by atoms with Crippen LogP contribution in [0.15, 0.2) is 0 Å². The number of likely N-dealkylation sites (N-methyl/N-ethyl adjacent to an activating group) is 1. The van der Waals surface area contributed by atoms with Crippen LogP contribution >= 0.6 is 0 Å². The van der Waals surface area contributed by atoms with Crippen LogP contribution in [0.5, 0.6) is 0 Å². The van der Waals surface area contributed by atoms with Gasteiger partial charge in [-0.15, -0.1) is 0 Å². The summed E-state index contributed by atoms with van der Waals surface area (Å²) >= 11 is 0. The normalized spacial score (nSPS) is 35.1. The van der Waals surface area contributed by atoms with E-state index in [-0.39, 0.29) is 5.41 Å². The van der Waals surface area contributed by atoms with Gasteiger partial charge in [-0.2, -0.15) is 0 Å². The van der Waals surface area contributed by atoms with E-state index in [2.05, 4.69) is 37.9 Å². The molecule has 1 saturated carbocycles. The molecule has 0 aromatic heterocycles. The Balaban J connectivity index is 1.71. The summed E-state index contributed by atoms with van der Waals surface area (Å²) in [4.78, 5) is 2.46. The fourth-order valence-corrected chi connectivity index (χ4v) is 3.18. The van der Waals surface area contributed by atoms with Crippen molar-refractivity contribution in [2.75, 3.05) is 39.4 Å². The molecule has 4 heteroatoms. The van der Waals surface area contributed by atoms with E-state index < -0.39 is 0 Å². The van der Waals surface area contributed by atoms with Crippen molar-refractivity contribution in [3.8, 4) is 0 Å². The lowest BCUT2D eigenvalue weighted by Crippen LogP contribution is -2.62. The van der Waals surface area contributed by atoms with Gasteiger partial charge in [0.25, 0.3) is 0 Å². The number of nitrogens with one attached hydrogen (secondary N) is 1. The Bertz CT molecular complexity index is 283. The molecule has 3 atom stereocenters. The SMILES string of the molecule is CCOC1CC(NCC2CN(CC)CCO2)C1(C)C. The number of hydrogen-bond acceptors (Lipinski definition) is 4. The van der Waals surface area contributed by atoms with Crippen molar-refractivity contribution in [3.05, 3.63) is 0 Å². The molecule has 2 rings (SSSR count). The summed E-state index contributed by atoms with van der Waals surface area (Å²) in [5.74, 6) is 0. The van der Waals surface area contributed by atoms with Crippen LogP contribution in [-0.2, 0) is 9.47 Å². The maximum Gasteiger partial charge on any atom is 0.0826 e. The van der Waals surface area contributed by atoms with E-state index in [4.69, 9.17) is 9.47 Å². The van der Waals surface area contributed by atoms with Gasteiger partial charge in [0.1, 0.15) is 0 Å². The first-order chi connectivity index (χ1) is 9.07. The summed E-state index contributed by atoms with van der Waals surface area (Å²) in [5, 5.41) is 3.68. The van der Waals surface area contributed by atoms with E-state index in [9.17, 15) is 0 Å². The molecule has 0 aromatic rings. The van der Waals surface area contributed by atoms with Crippen LogP contribution in [0.25, 0.3) is 0 Å². The highest BCUT2D eigenvalue weighted by Crippen LogP contribution is 2.42. The highest BCUT2D eigenvalue weighted by atomic mass is 16.5. The average molecular weight is 270 g/mol. The molecule has 4 nitrogen and oxygen atoms in total. The second-order valence-electron chi connectivity index (χ2n) is 6.35. The van der Waals surface area contributed by atoms with E-state index in [0.717, 1.165) is 45.8 Å². The number of ether oxygens (including phenoxy) is 2. The van der Waals surface area contributed by atoms with Crippen LogP contribution in [0, 0.1) is 5.41 Å². The van der Waals surface area contributed by atoms with E-state index >= 15 is 0 Å². The molecule has 0 aromatic carbocycles. The lowest BCUT2D eigenvalue weighted by molar-refractivity contribution is -0.118. The summed E-state index contributed by atoms with van der Waals surface area (Å²) in [6.07, 6.45) is 1.88. The zero-order valence-electron chi connectivity index (χ0n) is 12.9. The molecule has 0 bridgehead atoms. The summed E-state index contributed by atoms with van der Waals surface area (Å²) in [7, 11) is 0. The van der Waals surface area contributed by atoms with Crippen molar-refractivity contribution in [2.45, 2.75) is 52.4 Å². The minimum Gasteiger partial charge on any atom is -0.378 e. The van der Waals surface area contributed by atoms with Gasteiger partial charge in [0.05, 0.1) is 18.8 Å². The van der Waals surface area contributed by atoms with Gasteiger partial charge in [0.2, 0.25) is 0 Å². The van der Waals surface area contributed by atoms with Gasteiger partial charge < -0.3 is 14.8 Å². The predicted octanol–water partition coefficient (Wildman–Crippen LogP) is 1.50. The zero-order valence-corrected chi connectivity index (χ0v) is 12.9. The molecule has 1 heterocycles. The van der Waals surface area contributed by atoms with Gasteiger partial charge in [-0.3, -0.25) is 4.90 Å². The molecule has 0 amide bonds. The van der Waals surface area contributed by atoms with E-state index in [1.165, 1.54) is 0 Å². The maximum absolute atomic E-state index is 5.84. The van der Waals surface area contributed by atoms with Gasteiger partial charge in [-0.1, -0.05) is 20.8 Å². The van der Waals surface area contributed by atoms with Crippen LogP contribution in [0.3, 0.4) is 0 Å². The highest BCUT2D eigenvalue weighted by molar-refractivity contribution is 5.03. The van der Waals surface area contributed by atoms with Crippen molar-refractivity contribution in [1.29, 1.82) is 0 Å². The zero-order chi connectivity index (χ0) is 13.9. The van der Waals surface area contributed by atoms with Crippen molar-refractivity contribution < 1.29 is 9.47 Å². The molecule has 1 saturated heterocycles. The van der Waals surface area contributed by atoms with Crippen LogP contribution in [0.2, 0.25) is 0 Å². The molecule has 1 aliphatic heterocycles. The molecule has 2 fully saturated rings. The third-order valence-electron chi connectivity index (χ3n) is 4.81. The molecule has 2 aliphatic rings. The molecule has 1 aliphatic carbocycles. The van der Waals surface area contributed by atoms with Crippen LogP contribution in [0.1, 0.15) is 34.1 Å². The lowest BCUT2D eigenvalue weighted by atomic mass is 9.64.